The maximum atomic E-state index is 11.5. The van der Waals surface area contributed by atoms with E-state index in [4.69, 9.17) is 20.6 Å². The van der Waals surface area contributed by atoms with Crippen LogP contribution in [0.1, 0.15) is 30.9 Å². The van der Waals surface area contributed by atoms with Crippen LogP contribution in [0.4, 0.5) is 5.69 Å². The Balaban J connectivity index is 1.40. The molecule has 35 heavy (non-hydrogen) atoms. The average molecular weight is 473 g/mol. The van der Waals surface area contributed by atoms with Crippen LogP contribution >= 0.6 is 0 Å². The highest BCUT2D eigenvalue weighted by molar-refractivity contribution is 5.96. The van der Waals surface area contributed by atoms with Gasteiger partial charge in [-0.3, -0.25) is 10.2 Å². The Morgan fingerprint density at radius 1 is 1.03 bits per heavy atom. The average Bonchev–Trinajstić information content (AvgIpc) is 2.88. The molecule has 1 saturated heterocycles. The smallest absolute Gasteiger partial charge is 0.219 e. The lowest BCUT2D eigenvalue weighted by molar-refractivity contribution is -0.130. The van der Waals surface area contributed by atoms with Crippen LogP contribution in [0, 0.1) is 5.41 Å². The first kappa shape index (κ1) is 24.1. The molecule has 182 valence electrons. The molecule has 7 nitrogen and oxygen atoms in total. The Hall–Kier alpha value is -4.00. The number of piperidine rings is 1. The number of carbonyl (C=O) groups excluding carboxylic acids is 1. The van der Waals surface area contributed by atoms with Crippen molar-refractivity contribution in [2.75, 3.05) is 25.5 Å². The molecule has 1 aliphatic heterocycles. The first-order chi connectivity index (χ1) is 16.9. The summed E-state index contributed by atoms with van der Waals surface area (Å²) in [5.74, 6) is 1.57. The van der Waals surface area contributed by atoms with Gasteiger partial charge in [-0.25, -0.2) is 0 Å². The first-order valence-electron chi connectivity index (χ1n) is 11.8. The van der Waals surface area contributed by atoms with E-state index < -0.39 is 0 Å². The zero-order valence-corrected chi connectivity index (χ0v) is 20.2. The number of likely N-dealkylation sites (tertiary alicyclic amines) is 1. The maximum absolute atomic E-state index is 11.5. The zero-order valence-electron chi connectivity index (χ0n) is 20.2. The third-order valence-electron chi connectivity index (χ3n) is 6.28. The van der Waals surface area contributed by atoms with Crippen molar-refractivity contribution < 1.29 is 14.3 Å². The van der Waals surface area contributed by atoms with Crippen molar-refractivity contribution in [1.29, 1.82) is 5.41 Å². The molecule has 7 heteroatoms. The lowest BCUT2D eigenvalue weighted by atomic mass is 10.0. The predicted molar refractivity (Wildman–Crippen MR) is 139 cm³/mol. The minimum absolute atomic E-state index is 0.0626. The summed E-state index contributed by atoms with van der Waals surface area (Å²) < 4.78 is 11.8. The molecule has 3 aromatic rings. The molecule has 0 aromatic heterocycles. The van der Waals surface area contributed by atoms with Crippen LogP contribution in [-0.2, 0) is 11.3 Å². The molecule has 3 aromatic carbocycles. The second kappa shape index (κ2) is 11.0. The molecule has 0 radical (unpaired) electrons. The highest BCUT2D eigenvalue weighted by Gasteiger charge is 2.23. The van der Waals surface area contributed by atoms with E-state index >= 15 is 0 Å². The van der Waals surface area contributed by atoms with Gasteiger partial charge in [-0.1, -0.05) is 36.4 Å². The summed E-state index contributed by atoms with van der Waals surface area (Å²) >= 11 is 0. The minimum Gasteiger partial charge on any atom is -0.493 e. The summed E-state index contributed by atoms with van der Waals surface area (Å²) in [5, 5.41) is 11.1. The van der Waals surface area contributed by atoms with Crippen molar-refractivity contribution in [2.24, 2.45) is 5.73 Å². The van der Waals surface area contributed by atoms with Crippen LogP contribution in [-0.4, -0.2) is 42.9 Å². The number of benzene rings is 3. The predicted octanol–water partition coefficient (Wildman–Crippen LogP) is 4.65. The standard InChI is InChI=1S/C28H32N4O3/c1-19(33)32-13-11-25(12-14-32)35-26-10-9-24(17-27(26)34-2)31-18-20-5-3-6-21(15-20)22-7-4-8-23(16-22)28(29)30/h3-10,15-17,25,31H,11-14,18H2,1-2H3,(H3,29,30). The SMILES string of the molecule is COc1cc(NCc2cccc(-c3cccc(C(=N)N)c3)c2)ccc1OC1CCN(C(C)=O)CC1. The summed E-state index contributed by atoms with van der Waals surface area (Å²) in [5.41, 5.74) is 10.5. The van der Waals surface area contributed by atoms with Crippen LogP contribution in [0.15, 0.2) is 66.7 Å². The number of nitrogens with one attached hydrogen (secondary N) is 2. The number of hydrogen-bond donors (Lipinski definition) is 3. The Morgan fingerprint density at radius 3 is 2.43 bits per heavy atom. The van der Waals surface area contributed by atoms with Gasteiger partial charge in [0, 0.05) is 56.7 Å². The summed E-state index contributed by atoms with van der Waals surface area (Å²) in [6.07, 6.45) is 1.70. The van der Waals surface area contributed by atoms with E-state index in [2.05, 4.69) is 23.5 Å². The first-order valence-corrected chi connectivity index (χ1v) is 11.8. The van der Waals surface area contributed by atoms with E-state index in [1.165, 1.54) is 0 Å². The number of amidine groups is 1. The van der Waals surface area contributed by atoms with Gasteiger partial charge in [-0.2, -0.15) is 0 Å². The van der Waals surface area contributed by atoms with Gasteiger partial charge in [-0.15, -0.1) is 0 Å². The Bertz CT molecular complexity index is 1200. The quantitative estimate of drug-likeness (QED) is 0.327. The number of nitrogen functional groups attached to an aromatic ring is 1. The van der Waals surface area contributed by atoms with Crippen molar-refractivity contribution in [3.8, 4) is 22.6 Å². The molecule has 1 aliphatic rings. The third kappa shape index (κ3) is 6.12. The van der Waals surface area contributed by atoms with E-state index in [0.717, 1.165) is 48.3 Å². The lowest BCUT2D eigenvalue weighted by Crippen LogP contribution is -2.40. The Labute approximate surface area is 206 Å². The van der Waals surface area contributed by atoms with E-state index in [0.29, 0.717) is 23.6 Å². The number of hydrogen-bond acceptors (Lipinski definition) is 5. The fourth-order valence-electron chi connectivity index (χ4n) is 4.27. The van der Waals surface area contributed by atoms with Gasteiger partial charge < -0.3 is 25.4 Å². The highest BCUT2D eigenvalue weighted by atomic mass is 16.5. The Kier molecular flexibility index (Phi) is 7.55. The molecular formula is C28H32N4O3. The fraction of sp³-hybridized carbons (Fsp3) is 0.286. The fourth-order valence-corrected chi connectivity index (χ4v) is 4.27. The summed E-state index contributed by atoms with van der Waals surface area (Å²) in [6.45, 7) is 3.70. The summed E-state index contributed by atoms with van der Waals surface area (Å²) in [4.78, 5) is 13.4. The van der Waals surface area contributed by atoms with Gasteiger partial charge >= 0.3 is 0 Å². The number of nitrogens with zero attached hydrogens (tertiary/aromatic N) is 1. The van der Waals surface area contributed by atoms with E-state index in [1.807, 2.05) is 53.4 Å². The van der Waals surface area contributed by atoms with Crippen molar-refractivity contribution in [1.82, 2.24) is 4.90 Å². The van der Waals surface area contributed by atoms with E-state index in [-0.39, 0.29) is 17.8 Å². The second-order valence-electron chi connectivity index (χ2n) is 8.74. The van der Waals surface area contributed by atoms with Gasteiger partial charge in [-0.05, 0) is 41.0 Å². The molecule has 0 spiro atoms. The number of nitrogens with two attached hydrogens (primary N) is 1. The van der Waals surface area contributed by atoms with Crippen LogP contribution in [0.25, 0.3) is 11.1 Å². The molecule has 0 atom stereocenters. The molecule has 0 unspecified atom stereocenters. The number of ether oxygens (including phenoxy) is 2. The van der Waals surface area contributed by atoms with Gasteiger partial charge in [0.15, 0.2) is 11.5 Å². The van der Waals surface area contributed by atoms with Crippen molar-refractivity contribution in [2.45, 2.75) is 32.4 Å². The van der Waals surface area contributed by atoms with Crippen LogP contribution in [0.2, 0.25) is 0 Å². The Morgan fingerprint density at radius 2 is 1.74 bits per heavy atom. The molecule has 1 amide bonds. The van der Waals surface area contributed by atoms with Crippen LogP contribution in [0.5, 0.6) is 11.5 Å². The highest BCUT2D eigenvalue weighted by Crippen LogP contribution is 2.33. The van der Waals surface area contributed by atoms with Crippen LogP contribution in [0.3, 0.4) is 0 Å². The minimum atomic E-state index is 0.0626. The number of carbonyl (C=O) groups is 1. The van der Waals surface area contributed by atoms with Gasteiger partial charge in [0.1, 0.15) is 11.9 Å². The molecule has 0 aliphatic carbocycles. The normalized spacial score (nSPS) is 13.8. The number of anilines is 1. The molecule has 0 saturated carbocycles. The maximum Gasteiger partial charge on any atom is 0.219 e. The molecule has 4 N–H and O–H groups in total. The topological polar surface area (TPSA) is 101 Å². The monoisotopic (exact) mass is 472 g/mol. The van der Waals surface area contributed by atoms with Gasteiger partial charge in [0.05, 0.1) is 7.11 Å². The van der Waals surface area contributed by atoms with Crippen molar-refractivity contribution in [3.63, 3.8) is 0 Å². The summed E-state index contributed by atoms with van der Waals surface area (Å²) in [7, 11) is 1.64. The van der Waals surface area contributed by atoms with Gasteiger partial charge in [0.2, 0.25) is 5.91 Å². The van der Waals surface area contributed by atoms with Crippen LogP contribution < -0.4 is 20.5 Å². The molecule has 4 rings (SSSR count). The summed E-state index contributed by atoms with van der Waals surface area (Å²) in [6, 6.07) is 21.9. The second-order valence-corrected chi connectivity index (χ2v) is 8.74. The largest absolute Gasteiger partial charge is 0.493 e. The number of methoxy groups -OCH3 is 1. The van der Waals surface area contributed by atoms with Crippen molar-refractivity contribution >= 4 is 17.4 Å². The number of rotatable bonds is 8. The third-order valence-corrected chi connectivity index (χ3v) is 6.28. The molecule has 0 bridgehead atoms. The van der Waals surface area contributed by atoms with E-state index in [1.54, 1.807) is 14.0 Å². The molecule has 1 fully saturated rings. The molecular weight excluding hydrogens is 440 g/mol. The van der Waals surface area contributed by atoms with E-state index in [9.17, 15) is 4.79 Å². The van der Waals surface area contributed by atoms with Crippen molar-refractivity contribution in [3.05, 3.63) is 77.9 Å². The zero-order chi connectivity index (χ0) is 24.8. The van der Waals surface area contributed by atoms with Gasteiger partial charge in [0.25, 0.3) is 0 Å². The molecule has 1 heterocycles. The number of amides is 1. The lowest BCUT2D eigenvalue weighted by Gasteiger charge is -2.31.